The summed E-state index contributed by atoms with van der Waals surface area (Å²) < 4.78 is 10.5. The van der Waals surface area contributed by atoms with Crippen LogP contribution in [0.4, 0.5) is 9.59 Å². The first-order chi connectivity index (χ1) is 12.7. The van der Waals surface area contributed by atoms with Crippen molar-refractivity contribution in [3.05, 3.63) is 23.9 Å². The average molecular weight is 378 g/mol. The van der Waals surface area contributed by atoms with Crippen LogP contribution in [0.15, 0.2) is 18.2 Å². The largest absolute Gasteiger partial charge is 0.481 e. The number of hydrogen-bond donors (Lipinski definition) is 1. The molecule has 0 aromatic carbocycles. The fourth-order valence-corrected chi connectivity index (χ4v) is 2.89. The molecule has 1 aliphatic rings. The molecule has 0 bridgehead atoms. The van der Waals surface area contributed by atoms with Gasteiger partial charge >= 0.3 is 12.1 Å². The van der Waals surface area contributed by atoms with Crippen LogP contribution in [0.1, 0.15) is 39.3 Å². The summed E-state index contributed by atoms with van der Waals surface area (Å²) in [6.07, 6.45) is 1.31. The van der Waals surface area contributed by atoms with Gasteiger partial charge in [-0.05, 0) is 39.7 Å². The molecule has 150 valence electrons. The molecule has 0 aliphatic carbocycles. The van der Waals surface area contributed by atoms with Gasteiger partial charge in [0, 0.05) is 26.2 Å². The number of pyridine rings is 1. The highest BCUT2D eigenvalue weighted by Crippen LogP contribution is 2.18. The molecule has 1 saturated heterocycles. The summed E-state index contributed by atoms with van der Waals surface area (Å²) in [7, 11) is 3.28. The van der Waals surface area contributed by atoms with Gasteiger partial charge in [0.1, 0.15) is 5.60 Å². The number of amides is 3. The summed E-state index contributed by atoms with van der Waals surface area (Å²) in [5.74, 6) is 0.513. The topological polar surface area (TPSA) is 84.0 Å². The minimum atomic E-state index is -0.541. The maximum atomic E-state index is 12.5. The Morgan fingerprint density at radius 1 is 1.37 bits per heavy atom. The standard InChI is InChI=1S/C19H30N4O4/c1-19(2,3)27-18(25)22(4)15-9-7-11-23(13-15)17(24)20-12-14-8-6-10-16(21-14)26-5/h6,8,10,15H,7,9,11-13H2,1-5H3,(H,20,24). The van der Waals surface area contributed by atoms with E-state index < -0.39 is 5.60 Å². The van der Waals surface area contributed by atoms with Crippen molar-refractivity contribution < 1.29 is 19.1 Å². The molecule has 1 aliphatic heterocycles. The van der Waals surface area contributed by atoms with E-state index in [4.69, 9.17) is 9.47 Å². The second kappa shape index (κ2) is 8.92. The van der Waals surface area contributed by atoms with E-state index in [1.54, 1.807) is 30.0 Å². The number of likely N-dealkylation sites (tertiary alicyclic amines) is 1. The highest BCUT2D eigenvalue weighted by atomic mass is 16.6. The Kier molecular flexibility index (Phi) is 6.87. The number of nitrogens with one attached hydrogen (secondary N) is 1. The van der Waals surface area contributed by atoms with Crippen LogP contribution < -0.4 is 10.1 Å². The van der Waals surface area contributed by atoms with Crippen molar-refractivity contribution in [2.45, 2.75) is 51.8 Å². The quantitative estimate of drug-likeness (QED) is 0.871. The van der Waals surface area contributed by atoms with E-state index in [-0.39, 0.29) is 18.2 Å². The molecule has 8 nitrogen and oxygen atoms in total. The lowest BCUT2D eigenvalue weighted by Gasteiger charge is -2.38. The molecule has 1 aromatic heterocycles. The second-order valence-electron chi connectivity index (χ2n) is 7.66. The summed E-state index contributed by atoms with van der Waals surface area (Å²) in [6, 6.07) is 5.20. The molecule has 1 aromatic rings. The van der Waals surface area contributed by atoms with Gasteiger partial charge in [-0.1, -0.05) is 6.07 Å². The molecule has 1 atom stereocenters. The van der Waals surface area contributed by atoms with Gasteiger partial charge in [0.15, 0.2) is 0 Å². The van der Waals surface area contributed by atoms with Crippen molar-refractivity contribution >= 4 is 12.1 Å². The third-order valence-corrected chi connectivity index (χ3v) is 4.32. The minimum Gasteiger partial charge on any atom is -0.481 e. The lowest BCUT2D eigenvalue weighted by Crippen LogP contribution is -2.53. The van der Waals surface area contributed by atoms with Crippen LogP contribution in [0.3, 0.4) is 0 Å². The van der Waals surface area contributed by atoms with E-state index in [0.717, 1.165) is 18.5 Å². The smallest absolute Gasteiger partial charge is 0.410 e. The Bertz CT molecular complexity index is 659. The predicted molar refractivity (Wildman–Crippen MR) is 102 cm³/mol. The van der Waals surface area contributed by atoms with Crippen molar-refractivity contribution in [1.29, 1.82) is 0 Å². The molecule has 2 rings (SSSR count). The lowest BCUT2D eigenvalue weighted by atomic mass is 10.1. The van der Waals surface area contributed by atoms with Crippen molar-refractivity contribution in [2.75, 3.05) is 27.2 Å². The Balaban J connectivity index is 1.88. The van der Waals surface area contributed by atoms with Gasteiger partial charge in [0.2, 0.25) is 5.88 Å². The molecule has 0 saturated carbocycles. The first-order valence-corrected chi connectivity index (χ1v) is 9.18. The van der Waals surface area contributed by atoms with E-state index >= 15 is 0 Å². The van der Waals surface area contributed by atoms with Gasteiger partial charge in [-0.15, -0.1) is 0 Å². The van der Waals surface area contributed by atoms with Crippen LogP contribution in [0.2, 0.25) is 0 Å². The number of methoxy groups -OCH3 is 1. The van der Waals surface area contributed by atoms with Gasteiger partial charge in [0.25, 0.3) is 0 Å². The summed E-state index contributed by atoms with van der Waals surface area (Å²) in [5.41, 5.74) is 0.183. The number of nitrogens with zero attached hydrogens (tertiary/aromatic N) is 3. The molecule has 0 spiro atoms. The Morgan fingerprint density at radius 3 is 2.78 bits per heavy atom. The number of aromatic nitrogens is 1. The Morgan fingerprint density at radius 2 is 2.11 bits per heavy atom. The second-order valence-corrected chi connectivity index (χ2v) is 7.66. The van der Waals surface area contributed by atoms with E-state index in [2.05, 4.69) is 10.3 Å². The highest BCUT2D eigenvalue weighted by Gasteiger charge is 2.30. The van der Waals surface area contributed by atoms with Crippen LogP contribution >= 0.6 is 0 Å². The monoisotopic (exact) mass is 378 g/mol. The summed E-state index contributed by atoms with van der Waals surface area (Å²) in [6.45, 7) is 6.98. The normalized spacial score (nSPS) is 17.2. The number of ether oxygens (including phenoxy) is 2. The number of hydrogen-bond acceptors (Lipinski definition) is 5. The van der Waals surface area contributed by atoms with Crippen molar-refractivity contribution in [1.82, 2.24) is 20.1 Å². The fraction of sp³-hybridized carbons (Fsp3) is 0.632. The lowest BCUT2D eigenvalue weighted by molar-refractivity contribution is 0.0155. The number of rotatable bonds is 4. The van der Waals surface area contributed by atoms with Crippen molar-refractivity contribution in [3.8, 4) is 5.88 Å². The first kappa shape index (κ1) is 20.8. The van der Waals surface area contributed by atoms with Crippen LogP contribution in [0.5, 0.6) is 5.88 Å². The number of likely N-dealkylation sites (N-methyl/N-ethyl adjacent to an activating group) is 1. The molecular formula is C19H30N4O4. The van der Waals surface area contributed by atoms with Crippen LogP contribution in [-0.2, 0) is 11.3 Å². The van der Waals surface area contributed by atoms with Gasteiger partial charge in [-0.2, -0.15) is 0 Å². The summed E-state index contributed by atoms with van der Waals surface area (Å²) >= 11 is 0. The zero-order chi connectivity index (χ0) is 20.0. The summed E-state index contributed by atoms with van der Waals surface area (Å²) in [4.78, 5) is 32.4. The molecule has 1 fully saturated rings. The fourth-order valence-electron chi connectivity index (χ4n) is 2.89. The SMILES string of the molecule is COc1cccc(CNC(=O)N2CCCC(N(C)C(=O)OC(C)(C)C)C2)n1. The van der Waals surface area contributed by atoms with Crippen LogP contribution in [0.25, 0.3) is 0 Å². The molecule has 2 heterocycles. The number of piperidine rings is 1. The Hall–Kier alpha value is -2.51. The first-order valence-electron chi connectivity index (χ1n) is 9.18. The molecule has 0 radical (unpaired) electrons. The van der Waals surface area contributed by atoms with E-state index in [1.165, 1.54) is 0 Å². The molecule has 3 amide bonds. The minimum absolute atomic E-state index is 0.0608. The molecule has 27 heavy (non-hydrogen) atoms. The van der Waals surface area contributed by atoms with Gasteiger partial charge in [-0.3, -0.25) is 0 Å². The molecular weight excluding hydrogens is 348 g/mol. The third kappa shape index (κ3) is 6.30. The predicted octanol–water partition coefficient (Wildman–Crippen LogP) is 2.63. The van der Waals surface area contributed by atoms with E-state index in [1.807, 2.05) is 32.9 Å². The number of urea groups is 1. The van der Waals surface area contributed by atoms with Crippen molar-refractivity contribution in [2.24, 2.45) is 0 Å². The highest BCUT2D eigenvalue weighted by molar-refractivity contribution is 5.74. The molecule has 8 heteroatoms. The maximum Gasteiger partial charge on any atom is 0.410 e. The Labute approximate surface area is 160 Å². The number of carbonyl (C=O) groups excluding carboxylic acids is 2. The zero-order valence-electron chi connectivity index (χ0n) is 16.8. The van der Waals surface area contributed by atoms with Crippen LogP contribution in [0, 0.1) is 0 Å². The molecule has 1 N–H and O–H groups in total. The van der Waals surface area contributed by atoms with Gasteiger partial charge < -0.3 is 24.6 Å². The summed E-state index contributed by atoms with van der Waals surface area (Å²) in [5, 5.41) is 2.88. The van der Waals surface area contributed by atoms with E-state index in [9.17, 15) is 9.59 Å². The van der Waals surface area contributed by atoms with Gasteiger partial charge in [0.05, 0.1) is 25.4 Å². The average Bonchev–Trinajstić information content (AvgIpc) is 2.64. The van der Waals surface area contributed by atoms with Gasteiger partial charge in [-0.25, -0.2) is 14.6 Å². The maximum absolute atomic E-state index is 12.5. The zero-order valence-corrected chi connectivity index (χ0v) is 16.8. The van der Waals surface area contributed by atoms with E-state index in [0.29, 0.717) is 25.5 Å². The third-order valence-electron chi connectivity index (χ3n) is 4.32. The van der Waals surface area contributed by atoms with Crippen molar-refractivity contribution in [3.63, 3.8) is 0 Å². The van der Waals surface area contributed by atoms with Crippen LogP contribution in [-0.4, -0.2) is 65.8 Å². The molecule has 1 unspecified atom stereocenters. The number of carbonyl (C=O) groups is 2.